The number of carbonyl (C=O) groups excluding carboxylic acids is 1. The van der Waals surface area contributed by atoms with Gasteiger partial charge in [0, 0.05) is 12.2 Å². The molecule has 8 heteroatoms. The van der Waals surface area contributed by atoms with Gasteiger partial charge in [-0.15, -0.1) is 0 Å². The van der Waals surface area contributed by atoms with Crippen LogP contribution >= 0.6 is 0 Å². The van der Waals surface area contributed by atoms with E-state index in [1.165, 1.54) is 4.31 Å². The van der Waals surface area contributed by atoms with Gasteiger partial charge < -0.3 is 15.4 Å². The average molecular weight is 375 g/mol. The van der Waals surface area contributed by atoms with Crippen molar-refractivity contribution in [2.24, 2.45) is 0 Å². The van der Waals surface area contributed by atoms with Gasteiger partial charge in [0.15, 0.2) is 0 Å². The fraction of sp³-hybridized carbons (Fsp3) is 0.278. The second-order valence-corrected chi connectivity index (χ2v) is 7.81. The van der Waals surface area contributed by atoms with Crippen LogP contribution in [0.25, 0.3) is 0 Å². The van der Waals surface area contributed by atoms with E-state index >= 15 is 0 Å². The Kier molecular flexibility index (Phi) is 5.32. The van der Waals surface area contributed by atoms with Crippen molar-refractivity contribution in [2.75, 3.05) is 33.8 Å². The SMILES string of the molecule is CCOc1ccccc1NC(=O)Nc1cccc(N2CCCS2(=O)=O)c1. The van der Waals surface area contributed by atoms with Crippen LogP contribution in [0.2, 0.25) is 0 Å². The minimum absolute atomic E-state index is 0.152. The number of para-hydroxylation sites is 2. The van der Waals surface area contributed by atoms with E-state index in [1.54, 1.807) is 42.5 Å². The largest absolute Gasteiger partial charge is 0.492 e. The van der Waals surface area contributed by atoms with Gasteiger partial charge >= 0.3 is 6.03 Å². The van der Waals surface area contributed by atoms with Gasteiger partial charge in [-0.05, 0) is 43.7 Å². The quantitative estimate of drug-likeness (QED) is 0.840. The molecule has 1 aliphatic heterocycles. The van der Waals surface area contributed by atoms with E-state index in [1.807, 2.05) is 13.0 Å². The lowest BCUT2D eigenvalue weighted by molar-refractivity contribution is 0.262. The van der Waals surface area contributed by atoms with Crippen LogP contribution in [0.5, 0.6) is 5.75 Å². The van der Waals surface area contributed by atoms with Gasteiger partial charge in [0.25, 0.3) is 0 Å². The predicted molar refractivity (Wildman–Crippen MR) is 102 cm³/mol. The third-order valence-electron chi connectivity index (χ3n) is 3.93. The van der Waals surface area contributed by atoms with Crippen molar-refractivity contribution in [1.29, 1.82) is 0 Å². The fourth-order valence-electron chi connectivity index (χ4n) is 2.80. The summed E-state index contributed by atoms with van der Waals surface area (Å²) in [6.07, 6.45) is 0.606. The summed E-state index contributed by atoms with van der Waals surface area (Å²) in [4.78, 5) is 12.3. The number of hydrogen-bond donors (Lipinski definition) is 2. The Bertz CT molecular complexity index is 899. The van der Waals surface area contributed by atoms with E-state index < -0.39 is 16.1 Å². The Morgan fingerprint density at radius 1 is 1.15 bits per heavy atom. The number of ether oxygens (including phenoxy) is 1. The highest BCUT2D eigenvalue weighted by molar-refractivity contribution is 7.93. The van der Waals surface area contributed by atoms with E-state index in [-0.39, 0.29) is 5.75 Å². The molecule has 0 unspecified atom stereocenters. The second kappa shape index (κ2) is 7.65. The number of nitrogens with one attached hydrogen (secondary N) is 2. The molecule has 0 aliphatic carbocycles. The Balaban J connectivity index is 1.72. The molecule has 3 rings (SSSR count). The maximum Gasteiger partial charge on any atom is 0.323 e. The topological polar surface area (TPSA) is 87.7 Å². The molecule has 2 N–H and O–H groups in total. The number of urea groups is 1. The number of hydrogen-bond acceptors (Lipinski definition) is 4. The summed E-state index contributed by atoms with van der Waals surface area (Å²) < 4.78 is 31.0. The van der Waals surface area contributed by atoms with Crippen molar-refractivity contribution < 1.29 is 17.9 Å². The first-order valence-corrected chi connectivity index (χ1v) is 10.0. The first kappa shape index (κ1) is 18.1. The highest BCUT2D eigenvalue weighted by atomic mass is 32.2. The van der Waals surface area contributed by atoms with Gasteiger partial charge in [-0.1, -0.05) is 18.2 Å². The number of sulfonamides is 1. The second-order valence-electron chi connectivity index (χ2n) is 5.80. The minimum Gasteiger partial charge on any atom is -0.492 e. The molecule has 138 valence electrons. The van der Waals surface area contributed by atoms with E-state index in [9.17, 15) is 13.2 Å². The zero-order valence-corrected chi connectivity index (χ0v) is 15.3. The van der Waals surface area contributed by atoms with E-state index in [4.69, 9.17) is 4.74 Å². The van der Waals surface area contributed by atoms with Crippen LogP contribution in [0.3, 0.4) is 0 Å². The summed E-state index contributed by atoms with van der Waals surface area (Å²) in [6, 6.07) is 13.5. The fourth-order valence-corrected chi connectivity index (χ4v) is 4.36. The highest BCUT2D eigenvalue weighted by Gasteiger charge is 2.28. The van der Waals surface area contributed by atoms with Gasteiger partial charge in [-0.3, -0.25) is 4.31 Å². The van der Waals surface area contributed by atoms with E-state index in [0.29, 0.717) is 42.4 Å². The molecule has 0 atom stereocenters. The molecule has 1 saturated heterocycles. The predicted octanol–water partition coefficient (Wildman–Crippen LogP) is 3.27. The van der Waals surface area contributed by atoms with Crippen molar-refractivity contribution in [3.8, 4) is 5.75 Å². The Morgan fingerprint density at radius 3 is 2.69 bits per heavy atom. The van der Waals surface area contributed by atoms with Crippen LogP contribution in [0.15, 0.2) is 48.5 Å². The van der Waals surface area contributed by atoms with Crippen molar-refractivity contribution in [1.82, 2.24) is 0 Å². The summed E-state index contributed by atoms with van der Waals surface area (Å²) in [7, 11) is -3.26. The van der Waals surface area contributed by atoms with Gasteiger partial charge in [-0.25, -0.2) is 13.2 Å². The minimum atomic E-state index is -3.26. The van der Waals surface area contributed by atoms with Crippen LogP contribution < -0.4 is 19.7 Å². The maximum atomic E-state index is 12.3. The lowest BCUT2D eigenvalue weighted by Gasteiger charge is -2.18. The molecule has 1 heterocycles. The molecular formula is C18H21N3O4S. The normalized spacial score (nSPS) is 15.5. The van der Waals surface area contributed by atoms with Crippen molar-refractivity contribution in [2.45, 2.75) is 13.3 Å². The molecule has 2 aromatic rings. The average Bonchev–Trinajstić information content (AvgIpc) is 2.96. The summed E-state index contributed by atoms with van der Waals surface area (Å²) in [5.74, 6) is 0.737. The van der Waals surface area contributed by atoms with Gasteiger partial charge in [0.2, 0.25) is 10.0 Å². The molecular weight excluding hydrogens is 354 g/mol. The van der Waals surface area contributed by atoms with E-state index in [0.717, 1.165) is 0 Å². The lowest BCUT2D eigenvalue weighted by Crippen LogP contribution is -2.25. The highest BCUT2D eigenvalue weighted by Crippen LogP contribution is 2.27. The molecule has 1 aliphatic rings. The first-order chi connectivity index (χ1) is 12.5. The van der Waals surface area contributed by atoms with Crippen LogP contribution in [0.1, 0.15) is 13.3 Å². The molecule has 2 aromatic carbocycles. The van der Waals surface area contributed by atoms with Crippen LogP contribution in [0, 0.1) is 0 Å². The smallest absolute Gasteiger partial charge is 0.323 e. The van der Waals surface area contributed by atoms with Crippen LogP contribution in [0.4, 0.5) is 21.9 Å². The van der Waals surface area contributed by atoms with Crippen molar-refractivity contribution >= 4 is 33.1 Å². The number of nitrogens with zero attached hydrogens (tertiary/aromatic N) is 1. The standard InChI is InChI=1S/C18H21N3O4S/c1-2-25-17-10-4-3-9-16(17)20-18(22)19-14-7-5-8-15(13-14)21-11-6-12-26(21,23)24/h3-5,7-10,13H,2,6,11-12H2,1H3,(H2,19,20,22). The summed E-state index contributed by atoms with van der Waals surface area (Å²) in [5, 5.41) is 5.47. The van der Waals surface area contributed by atoms with Crippen molar-refractivity contribution in [3.63, 3.8) is 0 Å². The number of carbonyl (C=O) groups is 1. The molecule has 0 spiro atoms. The van der Waals surface area contributed by atoms with Crippen LogP contribution in [-0.4, -0.2) is 33.4 Å². The number of amides is 2. The molecule has 2 amide bonds. The number of benzene rings is 2. The third-order valence-corrected chi connectivity index (χ3v) is 5.80. The molecule has 0 bridgehead atoms. The van der Waals surface area contributed by atoms with Gasteiger partial charge in [-0.2, -0.15) is 0 Å². The zero-order chi connectivity index (χ0) is 18.6. The summed E-state index contributed by atoms with van der Waals surface area (Å²) in [6.45, 7) is 2.82. The first-order valence-electron chi connectivity index (χ1n) is 8.40. The summed E-state index contributed by atoms with van der Waals surface area (Å²) in [5.41, 5.74) is 1.62. The molecule has 7 nitrogen and oxygen atoms in total. The number of anilines is 3. The Morgan fingerprint density at radius 2 is 1.96 bits per heavy atom. The van der Waals surface area contributed by atoms with Gasteiger partial charge in [0.1, 0.15) is 5.75 Å². The van der Waals surface area contributed by atoms with Gasteiger partial charge in [0.05, 0.1) is 23.7 Å². The van der Waals surface area contributed by atoms with E-state index in [2.05, 4.69) is 10.6 Å². The zero-order valence-electron chi connectivity index (χ0n) is 14.4. The lowest BCUT2D eigenvalue weighted by atomic mass is 10.2. The molecule has 26 heavy (non-hydrogen) atoms. The Hall–Kier alpha value is -2.74. The third kappa shape index (κ3) is 4.08. The molecule has 0 saturated carbocycles. The molecule has 0 aromatic heterocycles. The molecule has 1 fully saturated rings. The Labute approximate surface area is 153 Å². The monoisotopic (exact) mass is 375 g/mol. The number of rotatable bonds is 5. The van der Waals surface area contributed by atoms with Crippen molar-refractivity contribution in [3.05, 3.63) is 48.5 Å². The van der Waals surface area contributed by atoms with Crippen LogP contribution in [-0.2, 0) is 10.0 Å². The summed E-state index contributed by atoms with van der Waals surface area (Å²) >= 11 is 0. The molecule has 0 radical (unpaired) electrons. The maximum absolute atomic E-state index is 12.3.